The van der Waals surface area contributed by atoms with Gasteiger partial charge in [0.2, 0.25) is 6.29 Å². The highest BCUT2D eigenvalue weighted by Gasteiger charge is 2.80. The molecule has 10 rings (SSSR count). The van der Waals surface area contributed by atoms with E-state index in [2.05, 4.69) is 41.5 Å². The van der Waals surface area contributed by atoms with Crippen LogP contribution >= 0.6 is 0 Å². The summed E-state index contributed by atoms with van der Waals surface area (Å²) >= 11 is 0. The van der Waals surface area contributed by atoms with Gasteiger partial charge in [0.05, 0.1) is 50.3 Å². The third kappa shape index (κ3) is 9.38. The lowest BCUT2D eigenvalue weighted by atomic mass is 9.30. The van der Waals surface area contributed by atoms with E-state index in [1.807, 2.05) is 0 Å². The minimum atomic E-state index is -1.90. The van der Waals surface area contributed by atoms with Gasteiger partial charge >= 0.3 is 0 Å². The zero-order valence-electron chi connectivity index (χ0n) is 47.1. The minimum Gasteiger partial charge on any atom is -0.394 e. The van der Waals surface area contributed by atoms with E-state index < -0.39 is 160 Å². The molecular formula is C55H92O24. The standard InChI is InChI=1S/C55H92O24/c1-24-33(59)37(63)40(66)44(72-24)77-42-39(65)35(61)26(21-57)74-47(42)75-27-22-70-46(43(36(27)62)78-79-45-41(67)38(64)34(60)25(20-56)73-45)76-32-12-13-51(5)28(49(32,2)3)10-14-52(6)29(51)11-15-55-30-18-50(4,48(68-8)69-9)16-17-54(30,23-71-55)31(58)19-53(52,55)7/h24-48,56-67H,10-23H2,1-9H3/t24-,25+,26+,27-,28-,29+,30+,31+,32-,33-,34+,35+,36-,37+,38-,39-,40+,41+,42+,43+,44-,45-,46-,47-,50-,51-,52+,53-,54+,55-/m0/s1. The largest absolute Gasteiger partial charge is 0.394 e. The van der Waals surface area contributed by atoms with Gasteiger partial charge in [-0.05, 0) is 105 Å². The highest BCUT2D eigenvalue weighted by Crippen LogP contribution is 2.81. The highest BCUT2D eigenvalue weighted by molar-refractivity contribution is 5.28. The number of aliphatic hydroxyl groups is 12. The fourth-order valence-electron chi connectivity index (χ4n) is 18.3. The molecule has 79 heavy (non-hydrogen) atoms. The van der Waals surface area contributed by atoms with Gasteiger partial charge in [-0.3, -0.25) is 0 Å². The molecule has 5 aliphatic heterocycles. The van der Waals surface area contributed by atoms with Crippen molar-refractivity contribution in [2.45, 2.75) is 253 Å². The fourth-order valence-corrected chi connectivity index (χ4v) is 18.3. The van der Waals surface area contributed by atoms with Crippen LogP contribution in [-0.2, 0) is 57.1 Å². The van der Waals surface area contributed by atoms with Crippen molar-refractivity contribution < 1.29 is 118 Å². The maximum Gasteiger partial charge on any atom is 0.220 e. The molecule has 5 heterocycles. The van der Waals surface area contributed by atoms with Crippen LogP contribution in [0.2, 0.25) is 0 Å². The van der Waals surface area contributed by atoms with Crippen molar-refractivity contribution in [1.29, 1.82) is 0 Å². The Bertz CT molecular complexity index is 2110. The molecule has 5 aliphatic carbocycles. The summed E-state index contributed by atoms with van der Waals surface area (Å²) in [7, 11) is 3.40. The second kappa shape index (κ2) is 22.1. The average molecular weight is 1140 g/mol. The second-order valence-corrected chi connectivity index (χ2v) is 27.0. The minimum absolute atomic E-state index is 0.127. The van der Waals surface area contributed by atoms with Crippen molar-refractivity contribution in [3.8, 4) is 0 Å². The Morgan fingerprint density at radius 2 is 1.18 bits per heavy atom. The van der Waals surface area contributed by atoms with Crippen LogP contribution in [0.5, 0.6) is 0 Å². The lowest BCUT2D eigenvalue weighted by Crippen LogP contribution is -2.74. The number of hydrogen-bond acceptors (Lipinski definition) is 24. The van der Waals surface area contributed by atoms with Crippen LogP contribution < -0.4 is 0 Å². The third-order valence-corrected chi connectivity index (χ3v) is 23.0. The maximum absolute atomic E-state index is 12.5. The molecule has 0 amide bonds. The maximum atomic E-state index is 12.5. The van der Waals surface area contributed by atoms with Gasteiger partial charge in [0.15, 0.2) is 31.3 Å². The van der Waals surface area contributed by atoms with Gasteiger partial charge in [-0.25, -0.2) is 9.78 Å². The van der Waals surface area contributed by atoms with E-state index in [0.717, 1.165) is 51.4 Å². The van der Waals surface area contributed by atoms with Gasteiger partial charge in [-0.1, -0.05) is 41.5 Å². The van der Waals surface area contributed by atoms with E-state index in [9.17, 15) is 61.3 Å². The van der Waals surface area contributed by atoms with Crippen molar-refractivity contribution in [3.63, 3.8) is 0 Å². The Balaban J connectivity index is 0.893. The van der Waals surface area contributed by atoms with Crippen molar-refractivity contribution in [2.75, 3.05) is 40.6 Å². The third-order valence-electron chi connectivity index (χ3n) is 23.0. The van der Waals surface area contributed by atoms with Crippen molar-refractivity contribution in [2.24, 2.45) is 50.2 Å². The van der Waals surface area contributed by atoms with Crippen molar-refractivity contribution in [3.05, 3.63) is 0 Å². The molecule has 12 N–H and O–H groups in total. The van der Waals surface area contributed by atoms with Gasteiger partial charge in [0.25, 0.3) is 0 Å². The Hall–Kier alpha value is -0.960. The normalized spacial score (nSPS) is 56.3. The summed E-state index contributed by atoms with van der Waals surface area (Å²) in [5, 5.41) is 131. The van der Waals surface area contributed by atoms with Gasteiger partial charge in [-0.2, -0.15) is 0 Å². The molecule has 0 aromatic carbocycles. The second-order valence-electron chi connectivity index (χ2n) is 27.0. The lowest BCUT2D eigenvalue weighted by molar-refractivity contribution is -0.474. The van der Waals surface area contributed by atoms with Gasteiger partial charge in [0, 0.05) is 30.5 Å². The van der Waals surface area contributed by atoms with Crippen LogP contribution in [0.4, 0.5) is 0 Å². The quantitative estimate of drug-likeness (QED) is 0.0423. The zero-order chi connectivity index (χ0) is 57.3. The first kappa shape index (κ1) is 61.1. The first-order chi connectivity index (χ1) is 37.2. The van der Waals surface area contributed by atoms with E-state index >= 15 is 0 Å². The molecule has 24 nitrogen and oxygen atoms in total. The highest BCUT2D eigenvalue weighted by atomic mass is 17.2. The lowest BCUT2D eigenvalue weighted by Gasteiger charge is -2.75. The Labute approximate surface area is 461 Å². The van der Waals surface area contributed by atoms with E-state index in [0.29, 0.717) is 19.4 Å². The molecule has 0 aromatic rings. The molecular weight excluding hydrogens is 1040 g/mol. The number of methoxy groups -OCH3 is 2. The Morgan fingerprint density at radius 1 is 0.544 bits per heavy atom. The summed E-state index contributed by atoms with van der Waals surface area (Å²) in [6.07, 6.45) is -24.6. The first-order valence-electron chi connectivity index (χ1n) is 28.8. The average Bonchev–Trinajstić information content (AvgIpc) is 2.10. The van der Waals surface area contributed by atoms with Crippen LogP contribution in [0.25, 0.3) is 0 Å². The zero-order valence-corrected chi connectivity index (χ0v) is 47.1. The van der Waals surface area contributed by atoms with Crippen LogP contribution in [0, 0.1) is 50.2 Å². The Kier molecular flexibility index (Phi) is 17.1. The van der Waals surface area contributed by atoms with E-state index in [4.69, 9.17) is 57.1 Å². The monoisotopic (exact) mass is 1140 g/mol. The summed E-state index contributed by atoms with van der Waals surface area (Å²) in [5.41, 5.74) is -2.28. The van der Waals surface area contributed by atoms with Crippen molar-refractivity contribution >= 4 is 0 Å². The molecule has 456 valence electrons. The van der Waals surface area contributed by atoms with E-state index in [1.165, 1.54) is 6.92 Å². The SMILES string of the molecule is COC(OC)[C@@]1(C)CC[C@]23CO[C@@]4(CC[C@@H]5[C@@]6(C)CC[C@H](O[C@@H]7OC[C@H](O[C@@H]8O[C@H](CO)[C@@H](O)[C@H](O)[C@H]8O[C@@H]8O[C@@H](C)[C@H](O)[C@@H](O)[C@H]8O)[C@H](O)[C@H]7OO[C@@H]7O[C@H](CO)[C@@H](O)[C@H](O)[C@H]7O)C(C)(C)[C@@H]6CC[C@@]5(C)[C@]4(C)C[C@H]2O)[C@@H]3C1. The summed E-state index contributed by atoms with van der Waals surface area (Å²) in [4.78, 5) is 11.5. The molecule has 10 fully saturated rings. The number of hydrogen-bond donors (Lipinski definition) is 12. The summed E-state index contributed by atoms with van der Waals surface area (Å²) in [6.45, 7) is 13.9. The summed E-state index contributed by atoms with van der Waals surface area (Å²) in [6, 6.07) is 0. The van der Waals surface area contributed by atoms with Crippen LogP contribution in [-0.4, -0.2) is 243 Å². The predicted molar refractivity (Wildman–Crippen MR) is 268 cm³/mol. The molecule has 10 aliphatic rings. The molecule has 5 saturated heterocycles. The van der Waals surface area contributed by atoms with Crippen LogP contribution in [0.3, 0.4) is 0 Å². The number of rotatable bonds is 14. The van der Waals surface area contributed by atoms with Crippen molar-refractivity contribution in [1.82, 2.24) is 0 Å². The number of ether oxygens (including phenoxy) is 10. The summed E-state index contributed by atoms with van der Waals surface area (Å²) in [5.74, 6) is 0.520. The summed E-state index contributed by atoms with van der Waals surface area (Å²) < 4.78 is 61.7. The molecule has 5 saturated carbocycles. The molecule has 0 unspecified atom stereocenters. The fraction of sp³-hybridized carbons (Fsp3) is 1.00. The van der Waals surface area contributed by atoms with E-state index in [-0.39, 0.29) is 51.1 Å². The van der Waals surface area contributed by atoms with Gasteiger partial charge in [-0.15, -0.1) is 0 Å². The molecule has 0 radical (unpaired) electrons. The number of aliphatic hydroxyl groups excluding tert-OH is 12. The predicted octanol–water partition coefficient (Wildman–Crippen LogP) is -1.15. The first-order valence-corrected chi connectivity index (χ1v) is 28.8. The topological polar surface area (TPSA) is 354 Å². The molecule has 2 bridgehead atoms. The van der Waals surface area contributed by atoms with Crippen LogP contribution in [0.15, 0.2) is 0 Å². The molecule has 24 heteroatoms. The Morgan fingerprint density at radius 3 is 1.85 bits per heavy atom. The molecule has 1 spiro atoms. The smallest absolute Gasteiger partial charge is 0.220 e. The van der Waals surface area contributed by atoms with Gasteiger partial charge < -0.3 is 109 Å². The van der Waals surface area contributed by atoms with E-state index in [1.54, 1.807) is 14.2 Å². The van der Waals surface area contributed by atoms with Crippen LogP contribution in [0.1, 0.15) is 113 Å². The molecule has 0 aromatic heterocycles. The number of fused-ring (bicyclic) bond motifs is 4. The molecule has 30 atom stereocenters. The van der Waals surface area contributed by atoms with Gasteiger partial charge in [0.1, 0.15) is 79.4 Å².